The lowest BCUT2D eigenvalue weighted by Gasteiger charge is -2.29. The van der Waals surface area contributed by atoms with Crippen LogP contribution in [0, 0.1) is 0 Å². The number of halogens is 2. The number of ether oxygens (including phenoxy) is 1. The van der Waals surface area contributed by atoms with E-state index >= 15 is 0 Å². The van der Waals surface area contributed by atoms with Gasteiger partial charge in [0.2, 0.25) is 0 Å². The Hall–Kier alpha value is -0.990. The van der Waals surface area contributed by atoms with Crippen LogP contribution < -0.4 is 4.72 Å². The number of benzene rings is 1. The first-order valence-corrected chi connectivity index (χ1v) is 8.38. The smallest absolute Gasteiger partial charge is 0.302 e. The first-order valence-electron chi connectivity index (χ1n) is 6.19. The second kappa shape index (κ2) is 5.33. The Kier molecular flexibility index (Phi) is 3.79. The van der Waals surface area contributed by atoms with Gasteiger partial charge in [-0.15, -0.1) is 0 Å². The zero-order valence-corrected chi connectivity index (χ0v) is 13.4. The number of aromatic nitrogens is 1. The molecule has 21 heavy (non-hydrogen) atoms. The van der Waals surface area contributed by atoms with E-state index in [1.54, 1.807) is 12.3 Å². The average Bonchev–Trinajstić information content (AvgIpc) is 2.80. The highest BCUT2D eigenvalue weighted by Crippen LogP contribution is 2.40. The third-order valence-corrected chi connectivity index (χ3v) is 5.46. The fourth-order valence-corrected chi connectivity index (χ4v) is 4.26. The molecule has 2 aromatic rings. The molecule has 0 fully saturated rings. The maximum Gasteiger partial charge on any atom is 0.302 e. The standard InChI is InChI=1S/C12H13Cl2N3O3S/c1-20-3-2-17-6-7-4-8(13)10-9(14)5-15-12(10)11(7)16-21(17,18)19/h4-5,15-16H,2-3,6H2,1H3. The van der Waals surface area contributed by atoms with E-state index in [1.165, 1.54) is 11.4 Å². The molecule has 0 radical (unpaired) electrons. The Bertz CT molecular complexity index is 804. The Morgan fingerprint density at radius 2 is 2.14 bits per heavy atom. The lowest BCUT2D eigenvalue weighted by Crippen LogP contribution is -2.41. The van der Waals surface area contributed by atoms with Crippen LogP contribution in [-0.2, 0) is 21.5 Å². The fraction of sp³-hybridized carbons (Fsp3) is 0.333. The largest absolute Gasteiger partial charge is 0.383 e. The third-order valence-electron chi connectivity index (χ3n) is 3.41. The monoisotopic (exact) mass is 349 g/mol. The van der Waals surface area contributed by atoms with Gasteiger partial charge in [0.25, 0.3) is 0 Å². The fourth-order valence-electron chi connectivity index (χ4n) is 2.39. The molecule has 1 aromatic heterocycles. The molecule has 0 spiro atoms. The first kappa shape index (κ1) is 14.9. The summed E-state index contributed by atoms with van der Waals surface area (Å²) in [5.74, 6) is 0. The summed E-state index contributed by atoms with van der Waals surface area (Å²) in [4.78, 5) is 2.97. The van der Waals surface area contributed by atoms with E-state index in [0.717, 1.165) is 5.56 Å². The van der Waals surface area contributed by atoms with Gasteiger partial charge in [0.05, 0.1) is 27.9 Å². The van der Waals surface area contributed by atoms with Gasteiger partial charge < -0.3 is 9.72 Å². The van der Waals surface area contributed by atoms with Crippen molar-refractivity contribution in [3.63, 3.8) is 0 Å². The number of fused-ring (bicyclic) bond motifs is 3. The van der Waals surface area contributed by atoms with Crippen molar-refractivity contribution in [1.82, 2.24) is 9.29 Å². The molecule has 114 valence electrons. The van der Waals surface area contributed by atoms with E-state index in [1.807, 2.05) is 0 Å². The Morgan fingerprint density at radius 1 is 1.38 bits per heavy atom. The molecule has 0 saturated heterocycles. The molecule has 0 atom stereocenters. The number of aromatic amines is 1. The van der Waals surface area contributed by atoms with E-state index in [-0.39, 0.29) is 13.1 Å². The zero-order chi connectivity index (χ0) is 15.2. The number of H-pyrrole nitrogens is 1. The Morgan fingerprint density at radius 3 is 2.86 bits per heavy atom. The van der Waals surface area contributed by atoms with E-state index in [9.17, 15) is 8.42 Å². The van der Waals surface area contributed by atoms with Gasteiger partial charge in [-0.2, -0.15) is 12.7 Å². The third kappa shape index (κ3) is 2.49. The summed E-state index contributed by atoms with van der Waals surface area (Å²) >= 11 is 12.3. The van der Waals surface area contributed by atoms with Crippen molar-refractivity contribution in [3.8, 4) is 0 Å². The molecular weight excluding hydrogens is 337 g/mol. The van der Waals surface area contributed by atoms with Crippen molar-refractivity contribution in [3.05, 3.63) is 27.9 Å². The van der Waals surface area contributed by atoms with Gasteiger partial charge in [0.1, 0.15) is 0 Å². The number of methoxy groups -OCH3 is 1. The molecule has 0 amide bonds. The van der Waals surface area contributed by atoms with Crippen LogP contribution >= 0.6 is 23.2 Å². The number of hydrogen-bond acceptors (Lipinski definition) is 3. The highest BCUT2D eigenvalue weighted by molar-refractivity contribution is 7.90. The molecule has 0 aliphatic carbocycles. The molecule has 1 aromatic carbocycles. The molecule has 1 aliphatic rings. The van der Waals surface area contributed by atoms with E-state index in [4.69, 9.17) is 27.9 Å². The average molecular weight is 350 g/mol. The summed E-state index contributed by atoms with van der Waals surface area (Å²) in [6.45, 7) is 0.827. The minimum absolute atomic E-state index is 0.236. The summed E-state index contributed by atoms with van der Waals surface area (Å²) in [7, 11) is -2.08. The van der Waals surface area contributed by atoms with Crippen LogP contribution in [0.1, 0.15) is 5.56 Å². The summed E-state index contributed by atoms with van der Waals surface area (Å²) < 4.78 is 33.4. The van der Waals surface area contributed by atoms with Crippen molar-refractivity contribution in [2.45, 2.75) is 6.54 Å². The Balaban J connectivity index is 2.12. The SMILES string of the molecule is COCCN1Cc2cc(Cl)c3c(Cl)c[nH]c3c2NS1(=O)=O. The normalized spacial score (nSPS) is 17.7. The van der Waals surface area contributed by atoms with E-state index in [2.05, 4.69) is 9.71 Å². The topological polar surface area (TPSA) is 74.4 Å². The number of anilines is 1. The maximum absolute atomic E-state index is 12.3. The van der Waals surface area contributed by atoms with Crippen molar-refractivity contribution in [2.75, 3.05) is 25.0 Å². The molecule has 0 saturated carbocycles. The number of nitrogens with zero attached hydrogens (tertiary/aromatic N) is 1. The summed E-state index contributed by atoms with van der Waals surface area (Å²) in [6, 6.07) is 1.74. The maximum atomic E-state index is 12.3. The van der Waals surface area contributed by atoms with Crippen molar-refractivity contribution >= 4 is 50.0 Å². The highest BCUT2D eigenvalue weighted by atomic mass is 35.5. The van der Waals surface area contributed by atoms with Gasteiger partial charge >= 0.3 is 10.2 Å². The molecule has 0 unspecified atom stereocenters. The van der Waals surface area contributed by atoms with E-state index < -0.39 is 10.2 Å². The second-order valence-electron chi connectivity index (χ2n) is 4.71. The minimum atomic E-state index is -3.61. The summed E-state index contributed by atoms with van der Waals surface area (Å²) in [5.41, 5.74) is 1.88. The number of hydrogen-bond donors (Lipinski definition) is 2. The van der Waals surface area contributed by atoms with Crippen molar-refractivity contribution in [2.24, 2.45) is 0 Å². The van der Waals surface area contributed by atoms with Gasteiger partial charge in [-0.1, -0.05) is 23.2 Å². The van der Waals surface area contributed by atoms with Crippen molar-refractivity contribution in [1.29, 1.82) is 0 Å². The van der Waals surface area contributed by atoms with Gasteiger partial charge in [-0.05, 0) is 11.6 Å². The zero-order valence-electron chi connectivity index (χ0n) is 11.1. The van der Waals surface area contributed by atoms with Gasteiger partial charge in [-0.3, -0.25) is 4.72 Å². The molecule has 0 bridgehead atoms. The molecule has 6 nitrogen and oxygen atoms in total. The Labute approximate surface area is 132 Å². The summed E-state index contributed by atoms with van der Waals surface area (Å²) in [6.07, 6.45) is 1.59. The van der Waals surface area contributed by atoms with Crippen LogP contribution in [0.25, 0.3) is 10.9 Å². The number of nitrogens with one attached hydrogen (secondary N) is 2. The molecule has 9 heteroatoms. The quantitative estimate of drug-likeness (QED) is 0.894. The molecular formula is C12H13Cl2N3O3S. The second-order valence-corrected chi connectivity index (χ2v) is 7.20. The van der Waals surface area contributed by atoms with Crippen LogP contribution in [0.15, 0.2) is 12.3 Å². The van der Waals surface area contributed by atoms with Crippen LogP contribution in [0.3, 0.4) is 0 Å². The van der Waals surface area contributed by atoms with Crippen LogP contribution in [0.2, 0.25) is 10.0 Å². The predicted molar refractivity (Wildman–Crippen MR) is 83.1 cm³/mol. The summed E-state index contributed by atoms with van der Waals surface area (Å²) in [5, 5.41) is 1.56. The first-order chi connectivity index (χ1) is 9.94. The molecule has 2 N–H and O–H groups in total. The van der Waals surface area contributed by atoms with Crippen LogP contribution in [0.4, 0.5) is 5.69 Å². The molecule has 3 rings (SSSR count). The van der Waals surface area contributed by atoms with Gasteiger partial charge in [0.15, 0.2) is 0 Å². The number of rotatable bonds is 3. The predicted octanol–water partition coefficient (Wildman–Crippen LogP) is 2.59. The molecule has 1 aliphatic heterocycles. The van der Waals surface area contributed by atoms with Crippen LogP contribution in [0.5, 0.6) is 0 Å². The van der Waals surface area contributed by atoms with Crippen LogP contribution in [-0.4, -0.2) is 38.0 Å². The van der Waals surface area contributed by atoms with Gasteiger partial charge in [0, 0.05) is 31.8 Å². The van der Waals surface area contributed by atoms with Gasteiger partial charge in [-0.25, -0.2) is 0 Å². The highest BCUT2D eigenvalue weighted by Gasteiger charge is 2.31. The lowest BCUT2D eigenvalue weighted by atomic mass is 10.1. The minimum Gasteiger partial charge on any atom is -0.383 e. The van der Waals surface area contributed by atoms with E-state index in [0.29, 0.717) is 33.2 Å². The van der Waals surface area contributed by atoms with Crippen molar-refractivity contribution < 1.29 is 13.2 Å². The molecule has 2 heterocycles. The lowest BCUT2D eigenvalue weighted by molar-refractivity contribution is 0.177.